The van der Waals surface area contributed by atoms with Crippen molar-refractivity contribution in [3.8, 4) is 0 Å². The second kappa shape index (κ2) is 9.19. The van der Waals surface area contributed by atoms with Crippen molar-refractivity contribution < 1.29 is 9.59 Å². The van der Waals surface area contributed by atoms with Crippen LogP contribution in [0.5, 0.6) is 0 Å². The third kappa shape index (κ3) is 4.52. The first kappa shape index (κ1) is 21.4. The summed E-state index contributed by atoms with van der Waals surface area (Å²) in [6.45, 7) is 8.25. The van der Waals surface area contributed by atoms with Crippen LogP contribution < -0.4 is 10.2 Å². The molecule has 1 saturated carbocycles. The van der Waals surface area contributed by atoms with Gasteiger partial charge in [0.25, 0.3) is 0 Å². The monoisotopic (exact) mass is 438 g/mol. The average Bonchev–Trinajstić information content (AvgIpc) is 3.19. The molecule has 0 spiro atoms. The van der Waals surface area contributed by atoms with Crippen molar-refractivity contribution in [1.82, 2.24) is 24.7 Å². The maximum absolute atomic E-state index is 12.3. The van der Waals surface area contributed by atoms with Crippen LogP contribution in [0.25, 0.3) is 5.52 Å². The lowest BCUT2D eigenvalue weighted by Gasteiger charge is -2.41. The number of fused-ring (bicyclic) bond motifs is 1. The van der Waals surface area contributed by atoms with Crippen molar-refractivity contribution in [3.63, 3.8) is 0 Å². The Balaban J connectivity index is 1.24. The summed E-state index contributed by atoms with van der Waals surface area (Å²) in [6, 6.07) is 4.40. The van der Waals surface area contributed by atoms with Gasteiger partial charge < -0.3 is 4.90 Å². The maximum Gasteiger partial charge on any atom is 0.328 e. The van der Waals surface area contributed by atoms with Crippen LogP contribution in [0.2, 0.25) is 0 Å². The van der Waals surface area contributed by atoms with Gasteiger partial charge in [-0.05, 0) is 43.4 Å². The highest BCUT2D eigenvalue weighted by atomic mass is 16.2. The summed E-state index contributed by atoms with van der Waals surface area (Å²) in [6.07, 6.45) is 11.0. The van der Waals surface area contributed by atoms with Crippen molar-refractivity contribution in [3.05, 3.63) is 30.1 Å². The number of carbonyl (C=O) groups excluding carboxylic acids is 2. The fourth-order valence-corrected chi connectivity index (χ4v) is 5.55. The molecule has 3 fully saturated rings. The lowest BCUT2D eigenvalue weighted by Crippen LogP contribution is -2.52. The van der Waals surface area contributed by atoms with Gasteiger partial charge in [0.15, 0.2) is 0 Å². The van der Waals surface area contributed by atoms with Crippen LogP contribution in [0.1, 0.15) is 51.0 Å². The zero-order valence-electron chi connectivity index (χ0n) is 19.0. The van der Waals surface area contributed by atoms with Crippen LogP contribution in [-0.4, -0.2) is 70.1 Å². The molecule has 3 amide bonds. The fourth-order valence-electron chi connectivity index (χ4n) is 5.55. The van der Waals surface area contributed by atoms with E-state index >= 15 is 0 Å². The Morgan fingerprint density at radius 3 is 2.75 bits per heavy atom. The second-order valence-electron chi connectivity index (χ2n) is 9.73. The highest BCUT2D eigenvalue weighted by Gasteiger charge is 2.28. The molecule has 0 bridgehead atoms. The van der Waals surface area contributed by atoms with Gasteiger partial charge in [0, 0.05) is 57.9 Å². The number of aromatic nitrogens is 2. The largest absolute Gasteiger partial charge is 0.328 e. The van der Waals surface area contributed by atoms with Crippen molar-refractivity contribution >= 4 is 23.1 Å². The van der Waals surface area contributed by atoms with E-state index in [1.807, 2.05) is 6.20 Å². The number of pyridine rings is 1. The van der Waals surface area contributed by atoms with Crippen LogP contribution in [0, 0.1) is 5.92 Å². The third-order valence-electron chi connectivity index (χ3n) is 7.39. The van der Waals surface area contributed by atoms with E-state index in [0.29, 0.717) is 19.0 Å². The van der Waals surface area contributed by atoms with E-state index in [-0.39, 0.29) is 11.9 Å². The molecule has 32 heavy (non-hydrogen) atoms. The Hall–Kier alpha value is -2.45. The van der Waals surface area contributed by atoms with Gasteiger partial charge in [-0.3, -0.25) is 19.9 Å². The molecule has 0 radical (unpaired) electrons. The number of nitrogens with zero attached hydrogens (tertiary/aromatic N) is 5. The van der Waals surface area contributed by atoms with E-state index in [9.17, 15) is 9.59 Å². The summed E-state index contributed by atoms with van der Waals surface area (Å²) in [5, 5.41) is 6.81. The molecule has 2 aromatic heterocycles. The van der Waals surface area contributed by atoms with Crippen molar-refractivity contribution in [2.45, 2.75) is 58.0 Å². The van der Waals surface area contributed by atoms with E-state index in [2.05, 4.69) is 39.3 Å². The molecule has 172 valence electrons. The molecule has 1 N–H and O–H groups in total. The van der Waals surface area contributed by atoms with Gasteiger partial charge in [-0.2, -0.15) is 5.10 Å². The van der Waals surface area contributed by atoms with Gasteiger partial charge in [-0.15, -0.1) is 0 Å². The van der Waals surface area contributed by atoms with E-state index < -0.39 is 0 Å². The number of piperazine rings is 1. The van der Waals surface area contributed by atoms with Gasteiger partial charge in [-0.1, -0.05) is 19.3 Å². The number of urea groups is 1. The molecule has 2 aromatic rings. The van der Waals surface area contributed by atoms with Gasteiger partial charge in [-0.25, -0.2) is 9.31 Å². The Morgan fingerprint density at radius 1 is 1.12 bits per heavy atom. The van der Waals surface area contributed by atoms with Gasteiger partial charge >= 0.3 is 6.03 Å². The predicted octanol–water partition coefficient (Wildman–Crippen LogP) is 2.87. The third-order valence-corrected chi connectivity index (χ3v) is 7.39. The normalized spacial score (nSPS) is 24.3. The van der Waals surface area contributed by atoms with Crippen LogP contribution in [0.4, 0.5) is 10.5 Å². The standard InChI is InChI=1S/C24H34N6O2/c1-18-15-27(16-19-5-3-2-4-6-19)11-12-28(18)17-20-7-10-30-21(13-20)22(14-25-30)29-9-8-23(31)26-24(29)32/h7,10,13-14,18-19H,2-6,8-9,11-12,15-17H2,1H3,(H,26,31,32)/t18-/m0/s1. The van der Waals surface area contributed by atoms with Crippen molar-refractivity contribution in [2.75, 3.05) is 37.6 Å². The maximum atomic E-state index is 12.3. The Morgan fingerprint density at radius 2 is 1.97 bits per heavy atom. The first-order valence-corrected chi connectivity index (χ1v) is 12.1. The number of nitrogens with one attached hydrogen (secondary N) is 1. The summed E-state index contributed by atoms with van der Waals surface area (Å²) in [5.74, 6) is 0.674. The molecule has 0 unspecified atom stereocenters. The molecule has 8 nitrogen and oxygen atoms in total. The number of rotatable bonds is 5. The number of hydrogen-bond acceptors (Lipinski definition) is 5. The Bertz CT molecular complexity index is 982. The predicted molar refractivity (Wildman–Crippen MR) is 124 cm³/mol. The number of anilines is 1. The van der Waals surface area contributed by atoms with E-state index in [1.54, 1.807) is 15.6 Å². The summed E-state index contributed by atoms with van der Waals surface area (Å²) in [7, 11) is 0. The number of carbonyl (C=O) groups is 2. The minimum atomic E-state index is -0.371. The molecular weight excluding hydrogens is 404 g/mol. The molecule has 4 heterocycles. The molecule has 5 rings (SSSR count). The van der Waals surface area contributed by atoms with Crippen molar-refractivity contribution in [1.29, 1.82) is 0 Å². The number of imide groups is 1. The van der Waals surface area contributed by atoms with E-state index in [0.717, 1.165) is 43.3 Å². The van der Waals surface area contributed by atoms with Crippen LogP contribution >= 0.6 is 0 Å². The minimum absolute atomic E-state index is 0.222. The molecule has 0 aromatic carbocycles. The van der Waals surface area contributed by atoms with Crippen LogP contribution in [0.3, 0.4) is 0 Å². The van der Waals surface area contributed by atoms with Gasteiger partial charge in [0.1, 0.15) is 0 Å². The van der Waals surface area contributed by atoms with Crippen LogP contribution in [-0.2, 0) is 11.3 Å². The second-order valence-corrected chi connectivity index (χ2v) is 9.73. The lowest BCUT2D eigenvalue weighted by molar-refractivity contribution is -0.120. The molecule has 8 heteroatoms. The van der Waals surface area contributed by atoms with Gasteiger partial charge in [0.2, 0.25) is 5.91 Å². The lowest BCUT2D eigenvalue weighted by atomic mass is 9.88. The highest BCUT2D eigenvalue weighted by Crippen LogP contribution is 2.27. The summed E-state index contributed by atoms with van der Waals surface area (Å²) in [5.41, 5.74) is 2.87. The minimum Gasteiger partial charge on any atom is -0.300 e. The smallest absolute Gasteiger partial charge is 0.300 e. The Kier molecular flexibility index (Phi) is 6.15. The SMILES string of the molecule is C[C@H]1CN(CC2CCCCC2)CCN1Cc1ccn2ncc(N3CCC(=O)NC3=O)c2c1. The van der Waals surface area contributed by atoms with Crippen molar-refractivity contribution in [2.24, 2.45) is 5.92 Å². The first-order valence-electron chi connectivity index (χ1n) is 12.1. The summed E-state index contributed by atoms with van der Waals surface area (Å²) < 4.78 is 1.80. The summed E-state index contributed by atoms with van der Waals surface area (Å²) >= 11 is 0. The molecule has 3 aliphatic rings. The quantitative estimate of drug-likeness (QED) is 0.777. The molecule has 1 aliphatic carbocycles. The van der Waals surface area contributed by atoms with E-state index in [1.165, 1.54) is 44.2 Å². The first-order chi connectivity index (χ1) is 15.6. The summed E-state index contributed by atoms with van der Waals surface area (Å²) in [4.78, 5) is 30.7. The van der Waals surface area contributed by atoms with E-state index in [4.69, 9.17) is 0 Å². The van der Waals surface area contributed by atoms with Crippen LogP contribution in [0.15, 0.2) is 24.5 Å². The highest BCUT2D eigenvalue weighted by molar-refractivity contribution is 6.07. The zero-order chi connectivity index (χ0) is 22.1. The zero-order valence-corrected chi connectivity index (χ0v) is 19.0. The topological polar surface area (TPSA) is 73.2 Å². The molecule has 2 saturated heterocycles. The average molecular weight is 439 g/mol. The molecule has 2 aliphatic heterocycles. The molecular formula is C24H34N6O2. The number of amides is 3. The fraction of sp³-hybridized carbons (Fsp3) is 0.625. The number of hydrogen-bond donors (Lipinski definition) is 1. The Labute approximate surface area is 189 Å². The molecule has 1 atom stereocenters. The van der Waals surface area contributed by atoms with Gasteiger partial charge in [0.05, 0.1) is 17.4 Å².